The second kappa shape index (κ2) is 7.00. The van der Waals surface area contributed by atoms with Gasteiger partial charge in [-0.3, -0.25) is 9.36 Å². The van der Waals surface area contributed by atoms with Gasteiger partial charge in [-0.2, -0.15) is 5.10 Å². The van der Waals surface area contributed by atoms with E-state index in [0.717, 1.165) is 28.3 Å². The smallest absolute Gasteiger partial charge is 0.266 e. The predicted octanol–water partition coefficient (Wildman–Crippen LogP) is 4.67. The number of ether oxygens (including phenoxy) is 1. The molecule has 2 aromatic carbocycles. The summed E-state index contributed by atoms with van der Waals surface area (Å²) in [7, 11) is 1.61. The fourth-order valence-electron chi connectivity index (χ4n) is 3.68. The molecule has 7 heteroatoms. The van der Waals surface area contributed by atoms with Crippen LogP contribution in [0.3, 0.4) is 0 Å². The van der Waals surface area contributed by atoms with Crippen molar-refractivity contribution in [2.75, 3.05) is 7.11 Å². The predicted molar refractivity (Wildman–Crippen MR) is 118 cm³/mol. The Balaban J connectivity index is 1.71. The highest BCUT2D eigenvalue weighted by molar-refractivity contribution is 6.30. The third kappa shape index (κ3) is 2.84. The summed E-state index contributed by atoms with van der Waals surface area (Å²) < 4.78 is 8.51. The maximum absolute atomic E-state index is 13.2. The Labute approximate surface area is 176 Å². The molecular formula is C23H17ClN4O2. The highest BCUT2D eigenvalue weighted by atomic mass is 35.5. The van der Waals surface area contributed by atoms with E-state index in [-0.39, 0.29) is 5.56 Å². The molecule has 0 saturated heterocycles. The topological polar surface area (TPSA) is 61.4 Å². The summed E-state index contributed by atoms with van der Waals surface area (Å²) >= 11 is 6.03. The van der Waals surface area contributed by atoms with Crippen molar-refractivity contribution in [2.45, 2.75) is 6.92 Å². The van der Waals surface area contributed by atoms with Crippen molar-refractivity contribution in [1.29, 1.82) is 0 Å². The van der Waals surface area contributed by atoms with Gasteiger partial charge >= 0.3 is 0 Å². The van der Waals surface area contributed by atoms with Crippen LogP contribution in [0.15, 0.2) is 71.8 Å². The van der Waals surface area contributed by atoms with Crippen LogP contribution in [-0.4, -0.2) is 26.3 Å². The minimum atomic E-state index is -0.159. The molecule has 5 aromatic rings. The summed E-state index contributed by atoms with van der Waals surface area (Å²) in [6, 6.07) is 16.8. The third-order valence-corrected chi connectivity index (χ3v) is 5.42. The molecule has 0 radical (unpaired) electrons. The Morgan fingerprint density at radius 1 is 1.00 bits per heavy atom. The van der Waals surface area contributed by atoms with E-state index in [1.165, 1.54) is 0 Å². The largest absolute Gasteiger partial charge is 0.497 e. The van der Waals surface area contributed by atoms with E-state index >= 15 is 0 Å². The first-order valence-electron chi connectivity index (χ1n) is 9.37. The molecule has 0 saturated carbocycles. The van der Waals surface area contributed by atoms with Crippen LogP contribution in [0, 0.1) is 6.92 Å². The van der Waals surface area contributed by atoms with Crippen molar-refractivity contribution in [3.8, 4) is 22.6 Å². The van der Waals surface area contributed by atoms with Gasteiger partial charge in [0.1, 0.15) is 5.75 Å². The van der Waals surface area contributed by atoms with Crippen LogP contribution in [0.25, 0.3) is 33.4 Å². The van der Waals surface area contributed by atoms with E-state index in [4.69, 9.17) is 16.3 Å². The number of hydrogen-bond donors (Lipinski definition) is 0. The van der Waals surface area contributed by atoms with Gasteiger partial charge < -0.3 is 4.74 Å². The molecule has 0 spiro atoms. The Bertz CT molecular complexity index is 1450. The molecule has 3 aromatic heterocycles. The van der Waals surface area contributed by atoms with Crippen molar-refractivity contribution in [3.05, 3.63) is 88.1 Å². The van der Waals surface area contributed by atoms with Crippen LogP contribution in [0.2, 0.25) is 5.02 Å². The number of aryl methyl sites for hydroxylation is 1. The average Bonchev–Trinajstić information content (AvgIpc) is 3.11. The summed E-state index contributed by atoms with van der Waals surface area (Å²) in [5, 5.41) is 5.83. The van der Waals surface area contributed by atoms with E-state index < -0.39 is 0 Å². The number of rotatable bonds is 3. The molecular weight excluding hydrogens is 400 g/mol. The summed E-state index contributed by atoms with van der Waals surface area (Å²) in [6.45, 7) is 1.93. The second-order valence-corrected chi connectivity index (χ2v) is 7.39. The molecule has 5 rings (SSSR count). The first-order chi connectivity index (χ1) is 14.6. The Hall–Kier alpha value is -3.64. The van der Waals surface area contributed by atoms with E-state index in [1.54, 1.807) is 28.6 Å². The number of fused-ring (bicyclic) bond motifs is 3. The zero-order valence-electron chi connectivity index (χ0n) is 16.3. The lowest BCUT2D eigenvalue weighted by Crippen LogP contribution is -2.18. The van der Waals surface area contributed by atoms with E-state index in [2.05, 4.69) is 10.1 Å². The molecule has 3 heterocycles. The molecule has 0 aliphatic carbocycles. The van der Waals surface area contributed by atoms with Crippen molar-refractivity contribution in [2.24, 2.45) is 0 Å². The van der Waals surface area contributed by atoms with Gasteiger partial charge in [-0.05, 0) is 55.0 Å². The van der Waals surface area contributed by atoms with Crippen molar-refractivity contribution in [3.63, 3.8) is 0 Å². The molecule has 0 amide bonds. The highest BCUT2D eigenvalue weighted by Crippen LogP contribution is 2.29. The maximum Gasteiger partial charge on any atom is 0.266 e. The average molecular weight is 417 g/mol. The first-order valence-corrected chi connectivity index (χ1v) is 9.74. The zero-order chi connectivity index (χ0) is 20.8. The number of hydrogen-bond acceptors (Lipinski definition) is 4. The third-order valence-electron chi connectivity index (χ3n) is 5.17. The quantitative estimate of drug-likeness (QED) is 0.428. The van der Waals surface area contributed by atoms with E-state index in [9.17, 15) is 4.79 Å². The van der Waals surface area contributed by atoms with Crippen LogP contribution < -0.4 is 10.3 Å². The summed E-state index contributed by atoms with van der Waals surface area (Å²) in [6.07, 6.45) is 3.37. The van der Waals surface area contributed by atoms with E-state index in [0.29, 0.717) is 21.6 Å². The Kier molecular flexibility index (Phi) is 4.29. The van der Waals surface area contributed by atoms with Crippen LogP contribution in [0.4, 0.5) is 0 Å². The van der Waals surface area contributed by atoms with Crippen LogP contribution >= 0.6 is 11.6 Å². The standard InChI is InChI=1S/C23H17ClN4O2/c1-14-21(15-3-5-16(24)6-4-15)22-25-13-19-20(28(22)26-14)11-12-27(23(19)29)17-7-9-18(30-2)10-8-17/h3-13H,1-2H3. The number of aromatic nitrogens is 4. The molecule has 148 valence electrons. The molecule has 0 unspecified atom stereocenters. The molecule has 0 aliphatic rings. The van der Waals surface area contributed by atoms with E-state index in [1.807, 2.05) is 61.5 Å². The summed E-state index contributed by atoms with van der Waals surface area (Å²) in [4.78, 5) is 17.7. The molecule has 6 nitrogen and oxygen atoms in total. The summed E-state index contributed by atoms with van der Waals surface area (Å²) in [5.41, 5.74) is 4.73. The number of halogens is 1. The van der Waals surface area contributed by atoms with Crippen LogP contribution in [-0.2, 0) is 0 Å². The first kappa shape index (κ1) is 18.4. The fourth-order valence-corrected chi connectivity index (χ4v) is 3.80. The lowest BCUT2D eigenvalue weighted by molar-refractivity contribution is 0.414. The van der Waals surface area contributed by atoms with Crippen LogP contribution in [0.1, 0.15) is 5.69 Å². The van der Waals surface area contributed by atoms with Gasteiger partial charge in [0.25, 0.3) is 5.56 Å². The SMILES string of the molecule is COc1ccc(-n2ccc3c(cnc4c(-c5ccc(Cl)cc5)c(C)nn43)c2=O)cc1. The van der Waals surface area contributed by atoms with Gasteiger partial charge in [0, 0.05) is 28.7 Å². The molecule has 0 fully saturated rings. The molecule has 0 aliphatic heterocycles. The highest BCUT2D eigenvalue weighted by Gasteiger charge is 2.16. The minimum absolute atomic E-state index is 0.159. The minimum Gasteiger partial charge on any atom is -0.497 e. The van der Waals surface area contributed by atoms with Crippen molar-refractivity contribution < 1.29 is 4.74 Å². The van der Waals surface area contributed by atoms with Gasteiger partial charge in [0.15, 0.2) is 5.65 Å². The Morgan fingerprint density at radius 3 is 2.43 bits per heavy atom. The van der Waals surface area contributed by atoms with Gasteiger partial charge in [0.2, 0.25) is 0 Å². The maximum atomic E-state index is 13.2. The summed E-state index contributed by atoms with van der Waals surface area (Å²) in [5.74, 6) is 0.734. The number of methoxy groups -OCH3 is 1. The Morgan fingerprint density at radius 2 is 1.73 bits per heavy atom. The van der Waals surface area contributed by atoms with Crippen molar-refractivity contribution in [1.82, 2.24) is 19.2 Å². The lowest BCUT2D eigenvalue weighted by Gasteiger charge is -2.09. The van der Waals surface area contributed by atoms with Gasteiger partial charge in [-0.25, -0.2) is 9.50 Å². The number of nitrogens with zero attached hydrogens (tertiary/aromatic N) is 4. The second-order valence-electron chi connectivity index (χ2n) is 6.95. The van der Waals surface area contributed by atoms with Crippen LogP contribution in [0.5, 0.6) is 5.75 Å². The molecule has 0 bridgehead atoms. The van der Waals surface area contributed by atoms with Gasteiger partial charge in [-0.15, -0.1) is 0 Å². The number of benzene rings is 2. The van der Waals surface area contributed by atoms with Gasteiger partial charge in [0.05, 0.1) is 23.7 Å². The van der Waals surface area contributed by atoms with Crippen molar-refractivity contribution >= 4 is 28.2 Å². The molecule has 0 atom stereocenters. The molecule has 0 N–H and O–H groups in total. The fraction of sp³-hybridized carbons (Fsp3) is 0.0870. The molecule has 30 heavy (non-hydrogen) atoms. The number of pyridine rings is 1. The lowest BCUT2D eigenvalue weighted by atomic mass is 10.1. The normalized spacial score (nSPS) is 11.3. The zero-order valence-corrected chi connectivity index (χ0v) is 17.1. The van der Waals surface area contributed by atoms with Gasteiger partial charge in [-0.1, -0.05) is 23.7 Å². The monoisotopic (exact) mass is 416 g/mol.